The van der Waals surface area contributed by atoms with Crippen molar-refractivity contribution in [1.29, 1.82) is 0 Å². The summed E-state index contributed by atoms with van der Waals surface area (Å²) in [5.74, 6) is 1.20. The minimum atomic E-state index is 0.00837. The second-order valence-corrected chi connectivity index (χ2v) is 11.0. The van der Waals surface area contributed by atoms with Crippen LogP contribution in [0.15, 0.2) is 26.7 Å². The summed E-state index contributed by atoms with van der Waals surface area (Å²) in [5.41, 5.74) is 1.86. The highest BCUT2D eigenvalue weighted by molar-refractivity contribution is 7.99. The zero-order valence-corrected chi connectivity index (χ0v) is 20.1. The van der Waals surface area contributed by atoms with Crippen LogP contribution in [0.5, 0.6) is 0 Å². The van der Waals surface area contributed by atoms with E-state index >= 15 is 0 Å². The SMILES string of the molecule is Clc1cc2nc(Sc3nnnn3C3CC3)c(C3=NSC(CC4CCCC4)O3)nc2cc1Cl. The number of ether oxygens (including phenoxy) is 1. The van der Waals surface area contributed by atoms with Gasteiger partial charge in [-0.05, 0) is 59.5 Å². The highest BCUT2D eigenvalue weighted by Gasteiger charge is 2.32. The smallest absolute Gasteiger partial charge is 0.251 e. The van der Waals surface area contributed by atoms with Gasteiger partial charge in [0, 0.05) is 11.9 Å². The fourth-order valence-corrected chi connectivity index (χ4v) is 6.17. The molecule has 1 aromatic carbocycles. The molecule has 3 aliphatic rings. The highest BCUT2D eigenvalue weighted by Crippen LogP contribution is 2.40. The predicted molar refractivity (Wildman–Crippen MR) is 125 cm³/mol. The maximum atomic E-state index is 6.24. The van der Waals surface area contributed by atoms with E-state index in [1.807, 2.05) is 4.68 Å². The van der Waals surface area contributed by atoms with Gasteiger partial charge in [0.1, 0.15) is 5.03 Å². The Labute approximate surface area is 203 Å². The van der Waals surface area contributed by atoms with Gasteiger partial charge in [-0.2, -0.15) is 4.40 Å². The van der Waals surface area contributed by atoms with Crippen LogP contribution in [0.4, 0.5) is 0 Å². The lowest BCUT2D eigenvalue weighted by molar-refractivity contribution is 0.244. The number of nitrogens with zero attached hydrogens (tertiary/aromatic N) is 7. The van der Waals surface area contributed by atoms with Crippen LogP contribution < -0.4 is 0 Å². The van der Waals surface area contributed by atoms with Gasteiger partial charge in [-0.25, -0.2) is 14.6 Å². The number of hydrogen-bond donors (Lipinski definition) is 0. The standard InChI is InChI=1S/C20H19Cl2N7OS2/c21-12-8-14-15(9-13(12)22)24-19(31-20-25-27-28-29(20)11-5-6-11)17(23-14)18-26-32-16(30-18)7-10-3-1-2-4-10/h8-11,16H,1-7H2. The Balaban J connectivity index is 1.35. The zero-order chi connectivity index (χ0) is 21.7. The number of hydrogen-bond acceptors (Lipinski definition) is 9. The first-order chi connectivity index (χ1) is 15.6. The van der Waals surface area contributed by atoms with E-state index in [2.05, 4.69) is 19.9 Å². The summed E-state index contributed by atoms with van der Waals surface area (Å²) >= 11 is 15.3. The van der Waals surface area contributed by atoms with Crippen molar-refractivity contribution in [2.24, 2.45) is 10.3 Å². The van der Waals surface area contributed by atoms with Gasteiger partial charge in [0.15, 0.2) is 11.1 Å². The average Bonchev–Trinajstić information content (AvgIpc) is 3.16. The van der Waals surface area contributed by atoms with Gasteiger partial charge in [-0.15, -0.1) is 5.10 Å². The van der Waals surface area contributed by atoms with E-state index in [1.54, 1.807) is 12.1 Å². The normalized spacial score (nSPS) is 21.3. The van der Waals surface area contributed by atoms with Gasteiger partial charge < -0.3 is 4.74 Å². The van der Waals surface area contributed by atoms with Gasteiger partial charge in [0.25, 0.3) is 5.90 Å². The summed E-state index contributed by atoms with van der Waals surface area (Å²) in [4.78, 5) is 9.65. The molecule has 2 saturated carbocycles. The number of fused-ring (bicyclic) bond motifs is 1. The minimum absolute atomic E-state index is 0.00837. The highest BCUT2D eigenvalue weighted by atomic mass is 35.5. The summed E-state index contributed by atoms with van der Waals surface area (Å²) in [6, 6.07) is 3.79. The summed E-state index contributed by atoms with van der Waals surface area (Å²) in [6.45, 7) is 0. The van der Waals surface area contributed by atoms with Crippen molar-refractivity contribution in [2.75, 3.05) is 0 Å². The minimum Gasteiger partial charge on any atom is -0.459 e. The molecule has 32 heavy (non-hydrogen) atoms. The van der Waals surface area contributed by atoms with E-state index in [-0.39, 0.29) is 5.44 Å². The van der Waals surface area contributed by atoms with E-state index in [4.69, 9.17) is 37.9 Å². The average molecular weight is 508 g/mol. The van der Waals surface area contributed by atoms with Crippen LogP contribution >= 0.6 is 46.9 Å². The van der Waals surface area contributed by atoms with Crippen molar-refractivity contribution >= 4 is 63.8 Å². The second kappa shape index (κ2) is 8.62. The van der Waals surface area contributed by atoms with Gasteiger partial charge in [0.2, 0.25) is 5.16 Å². The van der Waals surface area contributed by atoms with Crippen LogP contribution in [0.25, 0.3) is 11.0 Å². The summed E-state index contributed by atoms with van der Waals surface area (Å²) in [5, 5.41) is 14.4. The molecule has 0 amide bonds. The lowest BCUT2D eigenvalue weighted by atomic mass is 10.1. The van der Waals surface area contributed by atoms with E-state index in [9.17, 15) is 0 Å². The van der Waals surface area contributed by atoms with Crippen molar-refractivity contribution in [3.63, 3.8) is 0 Å². The number of rotatable bonds is 6. The van der Waals surface area contributed by atoms with E-state index in [1.165, 1.54) is 49.4 Å². The molecule has 8 nitrogen and oxygen atoms in total. The molecular formula is C20H19Cl2N7OS2. The summed E-state index contributed by atoms with van der Waals surface area (Å²) in [6.07, 6.45) is 8.34. The molecule has 166 valence electrons. The predicted octanol–water partition coefficient (Wildman–Crippen LogP) is 5.74. The quantitative estimate of drug-likeness (QED) is 0.390. The van der Waals surface area contributed by atoms with Crippen molar-refractivity contribution < 1.29 is 4.74 Å². The van der Waals surface area contributed by atoms with Crippen molar-refractivity contribution in [2.45, 2.75) is 66.6 Å². The maximum absolute atomic E-state index is 6.24. The molecule has 1 atom stereocenters. The third-order valence-corrected chi connectivity index (χ3v) is 8.36. The molecule has 1 unspecified atom stereocenters. The molecule has 3 aromatic rings. The van der Waals surface area contributed by atoms with Crippen LogP contribution in [0.2, 0.25) is 10.0 Å². The first kappa shape index (κ1) is 20.9. The number of benzene rings is 1. The van der Waals surface area contributed by atoms with Gasteiger partial charge in [-0.1, -0.05) is 48.9 Å². The molecule has 3 heterocycles. The molecule has 2 aromatic heterocycles. The third-order valence-electron chi connectivity index (χ3n) is 5.92. The van der Waals surface area contributed by atoms with Crippen LogP contribution in [0.1, 0.15) is 56.7 Å². The molecular weight excluding hydrogens is 489 g/mol. The molecule has 2 aliphatic carbocycles. The molecule has 0 radical (unpaired) electrons. The first-order valence-electron chi connectivity index (χ1n) is 10.7. The zero-order valence-electron chi connectivity index (χ0n) is 16.9. The van der Waals surface area contributed by atoms with Crippen LogP contribution in [-0.4, -0.2) is 41.5 Å². The molecule has 0 spiro atoms. The number of aromatic nitrogens is 6. The first-order valence-corrected chi connectivity index (χ1v) is 13.1. The summed E-state index contributed by atoms with van der Waals surface area (Å²) < 4.78 is 12.7. The van der Waals surface area contributed by atoms with E-state index in [0.717, 1.165) is 19.3 Å². The number of tetrazole rings is 1. The van der Waals surface area contributed by atoms with Gasteiger partial charge >= 0.3 is 0 Å². The fourth-order valence-electron chi connectivity index (χ4n) is 4.12. The molecule has 0 bridgehead atoms. The summed E-state index contributed by atoms with van der Waals surface area (Å²) in [7, 11) is 0. The third kappa shape index (κ3) is 4.18. The Morgan fingerprint density at radius 3 is 2.56 bits per heavy atom. The Bertz CT molecular complexity index is 1210. The van der Waals surface area contributed by atoms with Crippen molar-refractivity contribution in [3.05, 3.63) is 27.9 Å². The van der Waals surface area contributed by atoms with Crippen molar-refractivity contribution in [1.82, 2.24) is 30.2 Å². The Morgan fingerprint density at radius 1 is 1.06 bits per heavy atom. The van der Waals surface area contributed by atoms with E-state index < -0.39 is 0 Å². The second-order valence-electron chi connectivity index (χ2n) is 8.31. The van der Waals surface area contributed by atoms with Crippen LogP contribution in [0.3, 0.4) is 0 Å². The molecule has 0 saturated heterocycles. The number of halogens is 2. The van der Waals surface area contributed by atoms with Crippen LogP contribution in [0, 0.1) is 5.92 Å². The van der Waals surface area contributed by atoms with E-state index in [0.29, 0.717) is 54.8 Å². The van der Waals surface area contributed by atoms with Gasteiger partial charge in [-0.3, -0.25) is 0 Å². The monoisotopic (exact) mass is 507 g/mol. The fraction of sp³-hybridized carbons (Fsp3) is 0.500. The molecule has 6 rings (SSSR count). The Morgan fingerprint density at radius 2 is 1.81 bits per heavy atom. The molecule has 12 heteroatoms. The Kier molecular flexibility index (Phi) is 5.65. The van der Waals surface area contributed by atoms with Crippen molar-refractivity contribution in [3.8, 4) is 0 Å². The Hall–Kier alpha value is -1.62. The topological polar surface area (TPSA) is 91.0 Å². The maximum Gasteiger partial charge on any atom is 0.251 e. The van der Waals surface area contributed by atoms with Crippen LogP contribution in [-0.2, 0) is 4.74 Å². The largest absolute Gasteiger partial charge is 0.459 e. The molecule has 0 N–H and O–H groups in total. The lowest BCUT2D eigenvalue weighted by Gasteiger charge is -2.15. The molecule has 2 fully saturated rings. The lowest BCUT2D eigenvalue weighted by Crippen LogP contribution is -2.15. The van der Waals surface area contributed by atoms with Gasteiger partial charge in [0.05, 0.1) is 27.1 Å². The molecule has 1 aliphatic heterocycles.